The van der Waals surface area contributed by atoms with Gasteiger partial charge in [0.25, 0.3) is 0 Å². The maximum absolute atomic E-state index is 13.1. The highest BCUT2D eigenvalue weighted by molar-refractivity contribution is 7.99. The van der Waals surface area contributed by atoms with Crippen molar-refractivity contribution in [3.63, 3.8) is 0 Å². The second kappa shape index (κ2) is 12.4. The van der Waals surface area contributed by atoms with Gasteiger partial charge in [0.05, 0.1) is 12.9 Å². The van der Waals surface area contributed by atoms with Crippen LogP contribution in [0.2, 0.25) is 0 Å². The summed E-state index contributed by atoms with van der Waals surface area (Å²) in [4.78, 5) is 27.4. The monoisotopic (exact) mass is 442 g/mol. The summed E-state index contributed by atoms with van der Waals surface area (Å²) < 4.78 is 5.19. The fraction of sp³-hybridized carbons (Fsp3) is 0.440. The first kappa shape index (κ1) is 24.8. The van der Waals surface area contributed by atoms with Crippen LogP contribution in [0.1, 0.15) is 37.5 Å². The fourth-order valence-corrected chi connectivity index (χ4v) is 3.86. The van der Waals surface area contributed by atoms with Crippen molar-refractivity contribution in [3.8, 4) is 5.75 Å². The molecule has 2 amide bonds. The summed E-state index contributed by atoms with van der Waals surface area (Å²) in [5.74, 6) is 2.07. The second-order valence-corrected chi connectivity index (χ2v) is 9.15. The third kappa shape index (κ3) is 8.29. The topological polar surface area (TPSA) is 58.6 Å². The Kier molecular flexibility index (Phi) is 9.92. The quantitative estimate of drug-likeness (QED) is 0.559. The third-order valence-corrected chi connectivity index (χ3v) is 5.97. The SMILES string of the molecule is COc1ccc(CSCC(=O)N(Cc2ccc(C)cc2)[C@H](C)C(=O)NCC(C)C)cc1. The van der Waals surface area contributed by atoms with E-state index in [0.29, 0.717) is 24.8 Å². The van der Waals surface area contributed by atoms with Crippen LogP contribution in [0.3, 0.4) is 0 Å². The summed E-state index contributed by atoms with van der Waals surface area (Å²) in [5.41, 5.74) is 3.31. The van der Waals surface area contributed by atoms with E-state index in [2.05, 4.69) is 19.2 Å². The van der Waals surface area contributed by atoms with Gasteiger partial charge in [0.2, 0.25) is 11.8 Å². The van der Waals surface area contributed by atoms with Crippen molar-refractivity contribution in [2.75, 3.05) is 19.4 Å². The Morgan fingerprint density at radius 2 is 1.61 bits per heavy atom. The van der Waals surface area contributed by atoms with Crippen LogP contribution in [-0.2, 0) is 21.9 Å². The minimum absolute atomic E-state index is 0.0358. The molecule has 2 aromatic carbocycles. The molecule has 0 saturated carbocycles. The molecule has 0 spiro atoms. The number of rotatable bonds is 11. The number of benzene rings is 2. The number of amides is 2. The summed E-state index contributed by atoms with van der Waals surface area (Å²) >= 11 is 1.55. The van der Waals surface area contributed by atoms with E-state index in [4.69, 9.17) is 4.74 Å². The molecule has 0 heterocycles. The number of thioether (sulfide) groups is 1. The number of aryl methyl sites for hydroxylation is 1. The van der Waals surface area contributed by atoms with Gasteiger partial charge in [-0.3, -0.25) is 9.59 Å². The highest BCUT2D eigenvalue weighted by atomic mass is 32.2. The van der Waals surface area contributed by atoms with Crippen molar-refractivity contribution in [1.29, 1.82) is 0 Å². The van der Waals surface area contributed by atoms with Crippen LogP contribution in [0.25, 0.3) is 0 Å². The average Bonchev–Trinajstić information content (AvgIpc) is 2.76. The number of hydrogen-bond acceptors (Lipinski definition) is 4. The van der Waals surface area contributed by atoms with E-state index in [0.717, 1.165) is 22.6 Å². The molecule has 2 rings (SSSR count). The zero-order valence-corrected chi connectivity index (χ0v) is 20.0. The number of methoxy groups -OCH3 is 1. The van der Waals surface area contributed by atoms with E-state index in [1.54, 1.807) is 30.7 Å². The lowest BCUT2D eigenvalue weighted by molar-refractivity contribution is -0.138. The Morgan fingerprint density at radius 3 is 2.19 bits per heavy atom. The maximum atomic E-state index is 13.1. The molecule has 0 radical (unpaired) electrons. The van der Waals surface area contributed by atoms with E-state index in [-0.39, 0.29) is 11.8 Å². The van der Waals surface area contributed by atoms with E-state index in [1.807, 2.05) is 55.5 Å². The standard InChI is InChI=1S/C25H34N2O3S/c1-18(2)14-26-25(29)20(4)27(15-21-8-6-19(3)7-9-21)24(28)17-31-16-22-10-12-23(30-5)13-11-22/h6-13,18,20H,14-17H2,1-5H3,(H,26,29)/t20-/m1/s1. The number of nitrogens with one attached hydrogen (secondary N) is 1. The average molecular weight is 443 g/mol. The molecule has 0 bridgehead atoms. The predicted molar refractivity (Wildman–Crippen MR) is 128 cm³/mol. The normalized spacial score (nSPS) is 11.8. The first-order chi connectivity index (χ1) is 14.8. The first-order valence-electron chi connectivity index (χ1n) is 10.6. The Labute approximate surface area is 190 Å². The summed E-state index contributed by atoms with van der Waals surface area (Å²) in [5, 5.41) is 2.95. The van der Waals surface area contributed by atoms with Gasteiger partial charge in [-0.15, -0.1) is 11.8 Å². The van der Waals surface area contributed by atoms with E-state index < -0.39 is 6.04 Å². The maximum Gasteiger partial charge on any atom is 0.242 e. The summed E-state index contributed by atoms with van der Waals surface area (Å²) in [6.45, 7) is 8.95. The molecule has 2 aromatic rings. The largest absolute Gasteiger partial charge is 0.497 e. The van der Waals surface area contributed by atoms with Crippen LogP contribution in [0.5, 0.6) is 5.75 Å². The minimum Gasteiger partial charge on any atom is -0.497 e. The van der Waals surface area contributed by atoms with Crippen molar-refractivity contribution in [3.05, 3.63) is 65.2 Å². The Hall–Kier alpha value is -2.47. The molecule has 0 aromatic heterocycles. The van der Waals surface area contributed by atoms with Gasteiger partial charge in [-0.05, 0) is 43.0 Å². The van der Waals surface area contributed by atoms with Gasteiger partial charge in [-0.2, -0.15) is 0 Å². The van der Waals surface area contributed by atoms with Crippen LogP contribution in [0.4, 0.5) is 0 Å². The second-order valence-electron chi connectivity index (χ2n) is 8.16. The molecule has 1 atom stereocenters. The summed E-state index contributed by atoms with van der Waals surface area (Å²) in [6, 6.07) is 15.4. The molecular formula is C25H34N2O3S. The number of carbonyl (C=O) groups is 2. The number of nitrogens with zero attached hydrogens (tertiary/aromatic N) is 1. The highest BCUT2D eigenvalue weighted by Crippen LogP contribution is 2.18. The molecule has 0 aliphatic rings. The van der Waals surface area contributed by atoms with Gasteiger partial charge in [0, 0.05) is 18.8 Å². The van der Waals surface area contributed by atoms with Gasteiger partial charge in [0.15, 0.2) is 0 Å². The van der Waals surface area contributed by atoms with Gasteiger partial charge in [-0.25, -0.2) is 0 Å². The predicted octanol–water partition coefficient (Wildman–Crippen LogP) is 4.43. The Bertz CT molecular complexity index is 835. The first-order valence-corrected chi connectivity index (χ1v) is 11.8. The molecule has 0 fully saturated rings. The van der Waals surface area contributed by atoms with Crippen molar-refractivity contribution >= 4 is 23.6 Å². The lowest BCUT2D eigenvalue weighted by Crippen LogP contribution is -2.48. The molecule has 0 unspecified atom stereocenters. The van der Waals surface area contributed by atoms with Crippen LogP contribution in [0.15, 0.2) is 48.5 Å². The van der Waals surface area contributed by atoms with Gasteiger partial charge in [-0.1, -0.05) is 55.8 Å². The molecular weight excluding hydrogens is 408 g/mol. The molecule has 5 nitrogen and oxygen atoms in total. The molecule has 31 heavy (non-hydrogen) atoms. The van der Waals surface area contributed by atoms with Crippen LogP contribution < -0.4 is 10.1 Å². The number of ether oxygens (including phenoxy) is 1. The smallest absolute Gasteiger partial charge is 0.242 e. The van der Waals surface area contributed by atoms with Crippen molar-refractivity contribution in [2.45, 2.75) is 46.0 Å². The van der Waals surface area contributed by atoms with E-state index in [1.165, 1.54) is 5.56 Å². The molecule has 0 aliphatic heterocycles. The summed E-state index contributed by atoms with van der Waals surface area (Å²) in [7, 11) is 1.64. The van der Waals surface area contributed by atoms with Gasteiger partial charge < -0.3 is 15.0 Å². The number of carbonyl (C=O) groups excluding carboxylic acids is 2. The third-order valence-electron chi connectivity index (χ3n) is 4.98. The highest BCUT2D eigenvalue weighted by Gasteiger charge is 2.26. The lowest BCUT2D eigenvalue weighted by Gasteiger charge is -2.29. The fourth-order valence-electron chi connectivity index (χ4n) is 2.99. The van der Waals surface area contributed by atoms with Crippen molar-refractivity contribution in [2.24, 2.45) is 5.92 Å². The van der Waals surface area contributed by atoms with Crippen molar-refractivity contribution < 1.29 is 14.3 Å². The summed E-state index contributed by atoms with van der Waals surface area (Å²) in [6.07, 6.45) is 0. The molecule has 0 aliphatic carbocycles. The van der Waals surface area contributed by atoms with Gasteiger partial charge >= 0.3 is 0 Å². The minimum atomic E-state index is -0.533. The van der Waals surface area contributed by atoms with E-state index in [9.17, 15) is 9.59 Å². The van der Waals surface area contributed by atoms with Crippen LogP contribution in [-0.4, -0.2) is 42.2 Å². The lowest BCUT2D eigenvalue weighted by atomic mass is 10.1. The zero-order valence-electron chi connectivity index (χ0n) is 19.2. The molecule has 1 N–H and O–H groups in total. The van der Waals surface area contributed by atoms with Crippen LogP contribution >= 0.6 is 11.8 Å². The Morgan fingerprint density at radius 1 is 1.00 bits per heavy atom. The molecule has 168 valence electrons. The van der Waals surface area contributed by atoms with Crippen LogP contribution in [0, 0.1) is 12.8 Å². The van der Waals surface area contributed by atoms with E-state index >= 15 is 0 Å². The Balaban J connectivity index is 2.03. The molecule has 6 heteroatoms. The van der Waals surface area contributed by atoms with Crippen molar-refractivity contribution in [1.82, 2.24) is 10.2 Å². The molecule has 0 saturated heterocycles. The zero-order chi connectivity index (χ0) is 22.8. The number of hydrogen-bond donors (Lipinski definition) is 1. The van der Waals surface area contributed by atoms with Gasteiger partial charge in [0.1, 0.15) is 11.8 Å².